The van der Waals surface area contributed by atoms with Crippen molar-refractivity contribution in [3.8, 4) is 0 Å². The van der Waals surface area contributed by atoms with Crippen molar-refractivity contribution in [2.24, 2.45) is 11.3 Å². The molecule has 0 unspecified atom stereocenters. The molecule has 0 radical (unpaired) electrons. The Morgan fingerprint density at radius 3 is 2.81 bits per heavy atom. The Morgan fingerprint density at radius 2 is 2.07 bits per heavy atom. The number of aliphatic hydroxyl groups is 2. The van der Waals surface area contributed by atoms with Gasteiger partial charge in [-0.2, -0.15) is 9.61 Å². The van der Waals surface area contributed by atoms with Crippen LogP contribution in [0.2, 0.25) is 0 Å². The van der Waals surface area contributed by atoms with E-state index in [4.69, 9.17) is 0 Å². The Bertz CT molecular complexity index is 975. The third kappa shape index (κ3) is 2.31. The van der Waals surface area contributed by atoms with Gasteiger partial charge in [-0.1, -0.05) is 37.3 Å². The first-order valence-electron chi connectivity index (χ1n) is 9.47. The highest BCUT2D eigenvalue weighted by Gasteiger charge is 2.71. The van der Waals surface area contributed by atoms with Gasteiger partial charge in [-0.25, -0.2) is 0 Å². The van der Waals surface area contributed by atoms with Gasteiger partial charge >= 0.3 is 0 Å². The molecule has 27 heavy (non-hydrogen) atoms. The van der Waals surface area contributed by atoms with Gasteiger partial charge in [0.2, 0.25) is 5.65 Å². The van der Waals surface area contributed by atoms with Crippen LogP contribution in [0, 0.1) is 11.3 Å². The van der Waals surface area contributed by atoms with E-state index in [1.54, 1.807) is 10.8 Å². The highest BCUT2D eigenvalue weighted by molar-refractivity contribution is 5.69. The van der Waals surface area contributed by atoms with Crippen molar-refractivity contribution in [1.82, 2.24) is 19.8 Å². The number of β-amino-alcohol motifs (C(OH)–C–C–N with tert-alkyl or cyclic N) is 1. The quantitative estimate of drug-likeness (QED) is 0.724. The summed E-state index contributed by atoms with van der Waals surface area (Å²) in [5, 5.41) is 33.7. The molecule has 7 heteroatoms. The standard InChI is InChI=1S/C20H23N5O2/c1-2-14-8-16(19-22-21-12-25(19)23-14)24-9-17(27)20(11-24)15(10-26)18(20)13-6-4-3-5-7-13/h3-8,12,15,17-18,26-27H,2,9-11H2,1H3/t15-,17-,18-,20-/m1/s1. The molecular formula is C20H23N5O2. The van der Waals surface area contributed by atoms with Crippen LogP contribution in [-0.4, -0.2) is 55.8 Å². The summed E-state index contributed by atoms with van der Waals surface area (Å²) >= 11 is 0. The molecule has 2 fully saturated rings. The zero-order valence-corrected chi connectivity index (χ0v) is 15.2. The van der Waals surface area contributed by atoms with E-state index in [1.807, 2.05) is 24.3 Å². The largest absolute Gasteiger partial charge is 0.396 e. The lowest BCUT2D eigenvalue weighted by molar-refractivity contribution is 0.113. The fourth-order valence-corrected chi connectivity index (χ4v) is 5.02. The molecule has 1 saturated heterocycles. The molecule has 2 aliphatic rings. The second-order valence-corrected chi connectivity index (χ2v) is 7.66. The number of nitrogens with zero attached hydrogens (tertiary/aromatic N) is 5. The van der Waals surface area contributed by atoms with Gasteiger partial charge in [0.25, 0.3) is 0 Å². The fourth-order valence-electron chi connectivity index (χ4n) is 5.02. The monoisotopic (exact) mass is 365 g/mol. The molecule has 1 aliphatic carbocycles. The highest BCUT2D eigenvalue weighted by atomic mass is 16.3. The molecule has 2 N–H and O–H groups in total. The van der Waals surface area contributed by atoms with E-state index in [9.17, 15) is 10.2 Å². The van der Waals surface area contributed by atoms with Crippen molar-refractivity contribution >= 4 is 11.3 Å². The molecular weight excluding hydrogens is 342 g/mol. The summed E-state index contributed by atoms with van der Waals surface area (Å²) in [6.45, 7) is 3.36. The first-order chi connectivity index (χ1) is 13.2. The van der Waals surface area contributed by atoms with Gasteiger partial charge in [-0.3, -0.25) is 0 Å². The topological polar surface area (TPSA) is 86.8 Å². The molecule has 1 spiro atoms. The number of hydrogen-bond donors (Lipinski definition) is 2. The minimum Gasteiger partial charge on any atom is -0.396 e. The van der Waals surface area contributed by atoms with Gasteiger partial charge in [0, 0.05) is 25.1 Å². The zero-order valence-electron chi connectivity index (χ0n) is 15.2. The van der Waals surface area contributed by atoms with Gasteiger partial charge < -0.3 is 15.1 Å². The van der Waals surface area contributed by atoms with E-state index in [1.165, 1.54) is 5.56 Å². The van der Waals surface area contributed by atoms with Gasteiger partial charge in [-0.15, -0.1) is 10.2 Å². The van der Waals surface area contributed by atoms with Crippen LogP contribution in [0.25, 0.3) is 5.65 Å². The molecule has 3 aromatic rings. The Hall–Kier alpha value is -2.51. The van der Waals surface area contributed by atoms with Crippen LogP contribution >= 0.6 is 0 Å². The Kier molecular flexibility index (Phi) is 3.70. The number of aryl methyl sites for hydroxylation is 1. The number of fused-ring (bicyclic) bond motifs is 1. The smallest absolute Gasteiger partial charge is 0.200 e. The molecule has 7 nitrogen and oxygen atoms in total. The predicted octanol–water partition coefficient (Wildman–Crippen LogP) is 1.26. The summed E-state index contributed by atoms with van der Waals surface area (Å²) in [6, 6.07) is 12.3. The van der Waals surface area contributed by atoms with Crippen LogP contribution in [0.1, 0.15) is 24.1 Å². The number of aliphatic hydroxyl groups excluding tert-OH is 2. The third-order valence-electron chi connectivity index (χ3n) is 6.40. The van der Waals surface area contributed by atoms with E-state index in [-0.39, 0.29) is 23.9 Å². The number of rotatable bonds is 4. The summed E-state index contributed by atoms with van der Waals surface area (Å²) in [5.41, 5.74) is 3.48. The van der Waals surface area contributed by atoms with E-state index in [0.717, 1.165) is 17.8 Å². The molecule has 140 valence electrons. The molecule has 1 aromatic carbocycles. The molecule has 5 rings (SSSR count). The minimum absolute atomic E-state index is 0.0706. The normalized spacial score (nSPS) is 29.7. The van der Waals surface area contributed by atoms with Gasteiger partial charge in [0.1, 0.15) is 6.33 Å². The predicted molar refractivity (Wildman–Crippen MR) is 101 cm³/mol. The molecule has 4 atom stereocenters. The van der Waals surface area contributed by atoms with Crippen LogP contribution in [0.15, 0.2) is 42.7 Å². The van der Waals surface area contributed by atoms with Gasteiger partial charge in [0.05, 0.1) is 17.5 Å². The molecule has 1 aliphatic heterocycles. The highest BCUT2D eigenvalue weighted by Crippen LogP contribution is 2.69. The van der Waals surface area contributed by atoms with Crippen molar-refractivity contribution in [2.75, 3.05) is 24.6 Å². The average molecular weight is 365 g/mol. The third-order valence-corrected chi connectivity index (χ3v) is 6.40. The van der Waals surface area contributed by atoms with Crippen molar-refractivity contribution in [1.29, 1.82) is 0 Å². The van der Waals surface area contributed by atoms with Crippen LogP contribution in [0.3, 0.4) is 0 Å². The molecule has 0 bridgehead atoms. The van der Waals surface area contributed by atoms with Crippen molar-refractivity contribution < 1.29 is 10.2 Å². The SMILES string of the molecule is CCc1cc(N2C[C@@H](O)[C@@]3(C2)[C@H](CO)[C@H]3c2ccccc2)c2nncn2n1. The maximum absolute atomic E-state index is 11.0. The molecule has 0 amide bonds. The van der Waals surface area contributed by atoms with Crippen molar-refractivity contribution in [3.63, 3.8) is 0 Å². The van der Waals surface area contributed by atoms with Gasteiger partial charge in [-0.05, 0) is 29.9 Å². The maximum atomic E-state index is 11.0. The van der Waals surface area contributed by atoms with Gasteiger partial charge in [0.15, 0.2) is 0 Å². The second-order valence-electron chi connectivity index (χ2n) is 7.66. The zero-order chi connectivity index (χ0) is 18.6. The summed E-state index contributed by atoms with van der Waals surface area (Å²) in [7, 11) is 0. The number of benzene rings is 1. The van der Waals surface area contributed by atoms with Crippen molar-refractivity contribution in [3.05, 3.63) is 54.0 Å². The lowest BCUT2D eigenvalue weighted by atomic mass is 9.95. The average Bonchev–Trinajstić information content (AvgIpc) is 2.95. The molecule has 3 heterocycles. The van der Waals surface area contributed by atoms with E-state index in [0.29, 0.717) is 18.7 Å². The molecule has 2 aromatic heterocycles. The summed E-state index contributed by atoms with van der Waals surface area (Å²) in [5.74, 6) is 0.242. The van der Waals surface area contributed by atoms with Crippen LogP contribution in [0.4, 0.5) is 5.69 Å². The minimum atomic E-state index is -0.499. The Morgan fingerprint density at radius 1 is 1.26 bits per heavy atom. The second kappa shape index (κ2) is 6.00. The Balaban J connectivity index is 1.53. The number of aromatic nitrogens is 4. The Labute approximate surface area is 157 Å². The van der Waals surface area contributed by atoms with E-state index in [2.05, 4.69) is 39.3 Å². The molecule has 1 saturated carbocycles. The van der Waals surface area contributed by atoms with Crippen LogP contribution < -0.4 is 4.90 Å². The summed E-state index contributed by atoms with van der Waals surface area (Å²) in [6.07, 6.45) is 1.93. The fraction of sp³-hybridized carbons (Fsp3) is 0.450. The van der Waals surface area contributed by atoms with E-state index >= 15 is 0 Å². The first-order valence-corrected chi connectivity index (χ1v) is 9.47. The van der Waals surface area contributed by atoms with Crippen molar-refractivity contribution in [2.45, 2.75) is 25.4 Å². The lowest BCUT2D eigenvalue weighted by Gasteiger charge is -2.19. The van der Waals surface area contributed by atoms with E-state index < -0.39 is 6.10 Å². The number of hydrogen-bond acceptors (Lipinski definition) is 6. The van der Waals surface area contributed by atoms with Crippen LogP contribution in [0.5, 0.6) is 0 Å². The van der Waals surface area contributed by atoms with Crippen LogP contribution in [-0.2, 0) is 6.42 Å². The number of anilines is 1. The summed E-state index contributed by atoms with van der Waals surface area (Å²) < 4.78 is 1.71. The summed E-state index contributed by atoms with van der Waals surface area (Å²) in [4.78, 5) is 2.18. The maximum Gasteiger partial charge on any atom is 0.200 e. The first kappa shape index (κ1) is 16.6. The lowest BCUT2D eigenvalue weighted by Crippen LogP contribution is -2.23.